The number of hydrogen-bond acceptors (Lipinski definition) is 3. The third-order valence-electron chi connectivity index (χ3n) is 3.99. The van der Waals surface area contributed by atoms with Gasteiger partial charge in [-0.15, -0.1) is 0 Å². The molecule has 1 amide bonds. The largest absolute Gasteiger partial charge is 0.436 e. The number of amides is 1. The average Bonchev–Trinajstić information content (AvgIpc) is 2.98. The average molecular weight is 322 g/mol. The van der Waals surface area contributed by atoms with Gasteiger partial charge < -0.3 is 9.73 Å². The quantitative estimate of drug-likeness (QED) is 0.699. The van der Waals surface area contributed by atoms with Gasteiger partial charge in [0.15, 0.2) is 5.58 Å². The number of fused-ring (bicyclic) bond motifs is 1. The molecule has 1 N–H and O–H groups in total. The Kier molecular flexibility index (Phi) is 4.65. The summed E-state index contributed by atoms with van der Waals surface area (Å²) < 4.78 is 5.92. The van der Waals surface area contributed by atoms with Gasteiger partial charge in [0.1, 0.15) is 5.52 Å². The molecule has 0 aliphatic rings. The molecule has 3 aromatic rings. The van der Waals surface area contributed by atoms with E-state index >= 15 is 0 Å². The van der Waals surface area contributed by atoms with Crippen molar-refractivity contribution in [1.82, 2.24) is 4.98 Å². The van der Waals surface area contributed by atoms with Crippen molar-refractivity contribution in [3.8, 4) is 11.5 Å². The first-order chi connectivity index (χ1) is 11.6. The molecule has 24 heavy (non-hydrogen) atoms. The second-order valence-corrected chi connectivity index (χ2v) is 6.18. The second-order valence-electron chi connectivity index (χ2n) is 6.18. The topological polar surface area (TPSA) is 55.1 Å². The van der Waals surface area contributed by atoms with E-state index in [0.29, 0.717) is 12.3 Å². The molecular weight excluding hydrogens is 300 g/mol. The number of hydrogen-bond donors (Lipinski definition) is 1. The van der Waals surface area contributed by atoms with Crippen LogP contribution in [-0.2, 0) is 4.79 Å². The van der Waals surface area contributed by atoms with Crippen molar-refractivity contribution in [1.29, 1.82) is 0 Å². The third-order valence-corrected chi connectivity index (χ3v) is 3.99. The summed E-state index contributed by atoms with van der Waals surface area (Å²) in [6.45, 7) is 6.15. The molecule has 4 heteroatoms. The highest BCUT2D eigenvalue weighted by Gasteiger charge is 2.11. The number of oxazole rings is 1. The molecule has 1 heterocycles. The number of rotatable bonds is 5. The molecule has 0 spiro atoms. The van der Waals surface area contributed by atoms with E-state index in [1.807, 2.05) is 37.3 Å². The second kappa shape index (κ2) is 6.87. The van der Waals surface area contributed by atoms with E-state index in [9.17, 15) is 4.79 Å². The predicted octanol–water partition coefficient (Wildman–Crippen LogP) is 5.24. The van der Waals surface area contributed by atoms with Gasteiger partial charge in [0, 0.05) is 17.7 Å². The molecule has 3 rings (SSSR count). The number of carbonyl (C=O) groups is 1. The van der Waals surface area contributed by atoms with Gasteiger partial charge in [-0.05, 0) is 61.7 Å². The van der Waals surface area contributed by atoms with Crippen LogP contribution < -0.4 is 5.32 Å². The monoisotopic (exact) mass is 322 g/mol. The molecule has 0 atom stereocenters. The standard InChI is InChI=1S/C20H22N2O2/c1-4-5-6-18(23)21-16-9-7-15(8-10-16)20-22-17-12-13(2)11-14(3)19(17)24-20/h7-12H,4-6H2,1-3H3,(H,21,23). The van der Waals surface area contributed by atoms with Crippen LogP contribution in [0.5, 0.6) is 0 Å². The van der Waals surface area contributed by atoms with Crippen molar-refractivity contribution in [2.75, 3.05) is 5.32 Å². The van der Waals surface area contributed by atoms with E-state index in [0.717, 1.165) is 40.8 Å². The van der Waals surface area contributed by atoms with Gasteiger partial charge in [-0.3, -0.25) is 4.79 Å². The number of carbonyl (C=O) groups excluding carboxylic acids is 1. The van der Waals surface area contributed by atoms with Gasteiger partial charge in [-0.1, -0.05) is 19.4 Å². The maximum atomic E-state index is 11.8. The summed E-state index contributed by atoms with van der Waals surface area (Å²) in [5, 5.41) is 2.91. The van der Waals surface area contributed by atoms with Crippen LogP contribution in [0.15, 0.2) is 40.8 Å². The van der Waals surface area contributed by atoms with Crippen molar-refractivity contribution < 1.29 is 9.21 Å². The zero-order chi connectivity index (χ0) is 17.1. The highest BCUT2D eigenvalue weighted by atomic mass is 16.3. The van der Waals surface area contributed by atoms with Crippen molar-refractivity contribution >= 4 is 22.7 Å². The van der Waals surface area contributed by atoms with Crippen LogP contribution in [0.3, 0.4) is 0 Å². The fourth-order valence-electron chi connectivity index (χ4n) is 2.76. The summed E-state index contributed by atoms with van der Waals surface area (Å²) in [4.78, 5) is 16.4. The van der Waals surface area contributed by atoms with Gasteiger partial charge in [0.25, 0.3) is 0 Å². The van der Waals surface area contributed by atoms with Crippen LogP contribution in [0.2, 0.25) is 0 Å². The minimum atomic E-state index is 0.0533. The van der Waals surface area contributed by atoms with Gasteiger partial charge in [0.2, 0.25) is 11.8 Å². The molecule has 0 fully saturated rings. The summed E-state index contributed by atoms with van der Waals surface area (Å²) in [6.07, 6.45) is 2.48. The van der Waals surface area contributed by atoms with Crippen LogP contribution in [0.4, 0.5) is 5.69 Å². The Morgan fingerprint density at radius 1 is 1.17 bits per heavy atom. The van der Waals surface area contributed by atoms with Crippen molar-refractivity contribution in [2.45, 2.75) is 40.0 Å². The number of nitrogens with one attached hydrogen (secondary N) is 1. The van der Waals surface area contributed by atoms with Crippen LogP contribution in [0.25, 0.3) is 22.6 Å². The minimum Gasteiger partial charge on any atom is -0.436 e. The molecule has 4 nitrogen and oxygen atoms in total. The highest BCUT2D eigenvalue weighted by Crippen LogP contribution is 2.28. The molecule has 0 unspecified atom stereocenters. The normalized spacial score (nSPS) is 11.0. The molecule has 1 aromatic heterocycles. The first-order valence-corrected chi connectivity index (χ1v) is 8.35. The first-order valence-electron chi connectivity index (χ1n) is 8.35. The molecular formula is C20H22N2O2. The Labute approximate surface area is 141 Å². The summed E-state index contributed by atoms with van der Waals surface area (Å²) >= 11 is 0. The lowest BCUT2D eigenvalue weighted by Crippen LogP contribution is -2.10. The lowest BCUT2D eigenvalue weighted by atomic mass is 10.1. The van der Waals surface area contributed by atoms with E-state index in [1.165, 1.54) is 5.56 Å². The lowest BCUT2D eigenvalue weighted by Gasteiger charge is -2.05. The van der Waals surface area contributed by atoms with E-state index in [-0.39, 0.29) is 5.91 Å². The molecule has 0 radical (unpaired) electrons. The fourth-order valence-corrected chi connectivity index (χ4v) is 2.76. The number of nitrogens with zero attached hydrogens (tertiary/aromatic N) is 1. The number of aromatic nitrogens is 1. The summed E-state index contributed by atoms with van der Waals surface area (Å²) in [7, 11) is 0. The molecule has 0 saturated heterocycles. The minimum absolute atomic E-state index is 0.0533. The number of aryl methyl sites for hydroxylation is 2. The van der Waals surface area contributed by atoms with E-state index < -0.39 is 0 Å². The van der Waals surface area contributed by atoms with E-state index in [2.05, 4.69) is 30.2 Å². The maximum absolute atomic E-state index is 11.8. The molecule has 0 bridgehead atoms. The molecule has 0 aliphatic carbocycles. The Hall–Kier alpha value is -2.62. The Bertz CT molecular complexity index is 863. The van der Waals surface area contributed by atoms with E-state index in [4.69, 9.17) is 4.42 Å². The van der Waals surface area contributed by atoms with Crippen LogP contribution >= 0.6 is 0 Å². The zero-order valence-electron chi connectivity index (χ0n) is 14.3. The van der Waals surface area contributed by atoms with Crippen LogP contribution in [0, 0.1) is 13.8 Å². The van der Waals surface area contributed by atoms with Crippen molar-refractivity contribution in [3.63, 3.8) is 0 Å². The Morgan fingerprint density at radius 2 is 1.92 bits per heavy atom. The summed E-state index contributed by atoms with van der Waals surface area (Å²) in [5.74, 6) is 0.653. The molecule has 0 aliphatic heterocycles. The van der Waals surface area contributed by atoms with Crippen LogP contribution in [0.1, 0.15) is 37.3 Å². The van der Waals surface area contributed by atoms with Crippen molar-refractivity contribution in [2.24, 2.45) is 0 Å². The smallest absolute Gasteiger partial charge is 0.227 e. The number of unbranched alkanes of at least 4 members (excludes halogenated alkanes) is 1. The van der Waals surface area contributed by atoms with Crippen molar-refractivity contribution in [3.05, 3.63) is 47.5 Å². The zero-order valence-corrected chi connectivity index (χ0v) is 14.3. The highest BCUT2D eigenvalue weighted by molar-refractivity contribution is 5.91. The van der Waals surface area contributed by atoms with Gasteiger partial charge in [-0.2, -0.15) is 0 Å². The Morgan fingerprint density at radius 3 is 2.62 bits per heavy atom. The Balaban J connectivity index is 1.81. The number of anilines is 1. The number of benzene rings is 2. The third kappa shape index (κ3) is 3.48. The summed E-state index contributed by atoms with van der Waals surface area (Å²) in [5.41, 5.74) is 5.65. The maximum Gasteiger partial charge on any atom is 0.227 e. The van der Waals surface area contributed by atoms with Gasteiger partial charge in [0.05, 0.1) is 0 Å². The fraction of sp³-hybridized carbons (Fsp3) is 0.300. The first kappa shape index (κ1) is 16.2. The molecule has 124 valence electrons. The SMILES string of the molecule is CCCCC(=O)Nc1ccc(-c2nc3cc(C)cc(C)c3o2)cc1. The molecule has 2 aromatic carbocycles. The van der Waals surface area contributed by atoms with Gasteiger partial charge in [-0.25, -0.2) is 4.98 Å². The van der Waals surface area contributed by atoms with Gasteiger partial charge >= 0.3 is 0 Å². The van der Waals surface area contributed by atoms with Crippen LogP contribution in [-0.4, -0.2) is 10.9 Å². The molecule has 0 saturated carbocycles. The van der Waals surface area contributed by atoms with E-state index in [1.54, 1.807) is 0 Å². The predicted molar refractivity (Wildman–Crippen MR) is 97.1 cm³/mol. The lowest BCUT2D eigenvalue weighted by molar-refractivity contribution is -0.116. The summed E-state index contributed by atoms with van der Waals surface area (Å²) in [6, 6.07) is 11.7.